The minimum absolute atomic E-state index is 0.572. The van der Waals surface area contributed by atoms with Gasteiger partial charge in [0, 0.05) is 5.92 Å². The molecule has 0 fully saturated rings. The number of rotatable bonds is 0. The van der Waals surface area contributed by atoms with Gasteiger partial charge >= 0.3 is 0 Å². The maximum Gasteiger partial charge on any atom is 0.152 e. The first-order chi connectivity index (χ1) is 5.74. The Balaban J connectivity index is 3.07. The molecule has 1 heterocycles. The first kappa shape index (κ1) is 8.10. The Bertz CT molecular complexity index is 390. The Morgan fingerprint density at radius 1 is 1.58 bits per heavy atom. The van der Waals surface area contributed by atoms with Gasteiger partial charge in [0.2, 0.25) is 0 Å². The molecule has 0 saturated heterocycles. The third kappa shape index (κ3) is 1.74. The molecule has 0 aliphatic carbocycles. The largest absolute Gasteiger partial charge is 0.397 e. The molecule has 3 heteroatoms. The summed E-state index contributed by atoms with van der Waals surface area (Å²) in [5.74, 6) is 4.85. The predicted molar refractivity (Wildman–Crippen MR) is 45.9 cm³/mol. The second kappa shape index (κ2) is 3.41. The second-order valence-corrected chi connectivity index (χ2v) is 2.29. The summed E-state index contributed by atoms with van der Waals surface area (Å²) in [6, 6.07) is 3.47. The summed E-state index contributed by atoms with van der Waals surface area (Å²) in [6.07, 6.45) is 1.54. The van der Waals surface area contributed by atoms with E-state index in [4.69, 9.17) is 11.0 Å². The van der Waals surface area contributed by atoms with Gasteiger partial charge in [-0.05, 0) is 24.5 Å². The van der Waals surface area contributed by atoms with Crippen LogP contribution in [-0.4, -0.2) is 4.98 Å². The number of aromatic nitrogens is 1. The molecule has 58 valence electrons. The predicted octanol–water partition coefficient (Wildman–Crippen LogP) is 0.847. The van der Waals surface area contributed by atoms with E-state index in [0.29, 0.717) is 11.4 Å². The Hall–Kier alpha value is -2.00. The standard InChI is InChI=1S/C9H7N3/c1-7-5-8(3-2-4-10)12-6-9(7)11/h5-6H,11H2,1H3. The van der Waals surface area contributed by atoms with Crippen molar-refractivity contribution >= 4 is 5.69 Å². The summed E-state index contributed by atoms with van der Waals surface area (Å²) in [4.78, 5) is 3.93. The van der Waals surface area contributed by atoms with Crippen LogP contribution in [0.2, 0.25) is 0 Å². The number of nitriles is 1. The van der Waals surface area contributed by atoms with Crippen LogP contribution in [0, 0.1) is 30.1 Å². The summed E-state index contributed by atoms with van der Waals surface area (Å²) in [6.45, 7) is 1.87. The number of pyridine rings is 1. The summed E-state index contributed by atoms with van der Waals surface area (Å²) in [5, 5.41) is 8.18. The monoisotopic (exact) mass is 157 g/mol. The molecule has 0 aliphatic heterocycles. The summed E-state index contributed by atoms with van der Waals surface area (Å²) in [5.41, 5.74) is 7.67. The lowest BCUT2D eigenvalue weighted by atomic mass is 10.2. The number of hydrogen-bond acceptors (Lipinski definition) is 3. The first-order valence-electron chi connectivity index (χ1n) is 3.36. The van der Waals surface area contributed by atoms with Crippen LogP contribution in [0.15, 0.2) is 12.3 Å². The molecule has 0 saturated carbocycles. The highest BCUT2D eigenvalue weighted by Crippen LogP contribution is 2.08. The number of nitrogens with two attached hydrogens (primary N) is 1. The smallest absolute Gasteiger partial charge is 0.152 e. The average molecular weight is 157 g/mol. The van der Waals surface area contributed by atoms with Gasteiger partial charge in [-0.15, -0.1) is 0 Å². The summed E-state index contributed by atoms with van der Waals surface area (Å²) >= 11 is 0. The van der Waals surface area contributed by atoms with Crippen LogP contribution in [0.3, 0.4) is 0 Å². The Morgan fingerprint density at radius 2 is 2.33 bits per heavy atom. The molecule has 12 heavy (non-hydrogen) atoms. The molecule has 0 aliphatic rings. The van der Waals surface area contributed by atoms with Crippen molar-refractivity contribution in [2.24, 2.45) is 0 Å². The third-order valence-electron chi connectivity index (χ3n) is 1.40. The van der Waals surface area contributed by atoms with Crippen LogP contribution in [0.25, 0.3) is 0 Å². The molecular weight excluding hydrogens is 150 g/mol. The van der Waals surface area contributed by atoms with Crippen LogP contribution in [0.4, 0.5) is 5.69 Å². The van der Waals surface area contributed by atoms with Crippen molar-refractivity contribution in [1.29, 1.82) is 5.26 Å². The van der Waals surface area contributed by atoms with Crippen LogP contribution < -0.4 is 5.73 Å². The topological polar surface area (TPSA) is 62.7 Å². The van der Waals surface area contributed by atoms with E-state index in [1.54, 1.807) is 12.1 Å². The van der Waals surface area contributed by atoms with E-state index >= 15 is 0 Å². The zero-order chi connectivity index (χ0) is 8.97. The van der Waals surface area contributed by atoms with Crippen molar-refractivity contribution in [1.82, 2.24) is 4.98 Å². The lowest BCUT2D eigenvalue weighted by molar-refractivity contribution is 1.26. The molecule has 0 atom stereocenters. The van der Waals surface area contributed by atoms with Gasteiger partial charge in [-0.25, -0.2) is 4.98 Å². The van der Waals surface area contributed by atoms with Gasteiger partial charge in [0.1, 0.15) is 5.69 Å². The zero-order valence-corrected chi connectivity index (χ0v) is 6.63. The van der Waals surface area contributed by atoms with E-state index in [1.807, 2.05) is 6.92 Å². The Labute approximate surface area is 70.8 Å². The first-order valence-corrected chi connectivity index (χ1v) is 3.36. The highest BCUT2D eigenvalue weighted by atomic mass is 14.7. The normalized spacial score (nSPS) is 8.00. The SMILES string of the molecule is Cc1cc(C#CC#N)ncc1N. The van der Waals surface area contributed by atoms with Crippen molar-refractivity contribution in [3.05, 3.63) is 23.5 Å². The molecule has 1 aromatic heterocycles. The van der Waals surface area contributed by atoms with E-state index in [9.17, 15) is 0 Å². The molecule has 3 nitrogen and oxygen atoms in total. The fraction of sp³-hybridized carbons (Fsp3) is 0.111. The molecule has 0 bridgehead atoms. The Kier molecular flexibility index (Phi) is 2.30. The van der Waals surface area contributed by atoms with Gasteiger partial charge in [0.25, 0.3) is 0 Å². The van der Waals surface area contributed by atoms with E-state index in [-0.39, 0.29) is 0 Å². The van der Waals surface area contributed by atoms with E-state index in [2.05, 4.69) is 16.8 Å². The van der Waals surface area contributed by atoms with Crippen LogP contribution in [-0.2, 0) is 0 Å². The van der Waals surface area contributed by atoms with Crippen molar-refractivity contribution in [3.8, 4) is 17.9 Å². The number of anilines is 1. The quantitative estimate of drug-likeness (QED) is 0.568. The fourth-order valence-electron chi connectivity index (χ4n) is 0.727. The highest BCUT2D eigenvalue weighted by Gasteiger charge is 1.93. The molecule has 2 N–H and O–H groups in total. The molecule has 0 amide bonds. The third-order valence-corrected chi connectivity index (χ3v) is 1.40. The zero-order valence-electron chi connectivity index (χ0n) is 6.63. The van der Waals surface area contributed by atoms with Gasteiger partial charge in [0.15, 0.2) is 6.07 Å². The van der Waals surface area contributed by atoms with Crippen LogP contribution in [0.5, 0.6) is 0 Å². The van der Waals surface area contributed by atoms with Crippen molar-refractivity contribution in [2.45, 2.75) is 6.92 Å². The molecule has 0 unspecified atom stereocenters. The van der Waals surface area contributed by atoms with Crippen molar-refractivity contribution in [3.63, 3.8) is 0 Å². The molecule has 0 aromatic carbocycles. The lowest BCUT2D eigenvalue weighted by Gasteiger charge is -1.97. The van der Waals surface area contributed by atoms with Gasteiger partial charge in [-0.2, -0.15) is 5.26 Å². The van der Waals surface area contributed by atoms with Gasteiger partial charge in [0.05, 0.1) is 11.9 Å². The van der Waals surface area contributed by atoms with Crippen molar-refractivity contribution in [2.75, 3.05) is 5.73 Å². The van der Waals surface area contributed by atoms with Gasteiger partial charge < -0.3 is 5.73 Å². The molecule has 0 radical (unpaired) electrons. The number of aryl methyl sites for hydroxylation is 1. The summed E-state index contributed by atoms with van der Waals surface area (Å²) in [7, 11) is 0. The highest BCUT2D eigenvalue weighted by molar-refractivity contribution is 5.47. The number of nitrogen functional groups attached to an aromatic ring is 1. The Morgan fingerprint density at radius 3 is 2.92 bits per heavy atom. The fourth-order valence-corrected chi connectivity index (χ4v) is 0.727. The molecule has 1 aromatic rings. The van der Waals surface area contributed by atoms with Gasteiger partial charge in [-0.3, -0.25) is 0 Å². The number of hydrogen-bond donors (Lipinski definition) is 1. The minimum atomic E-state index is 0.572. The second-order valence-electron chi connectivity index (χ2n) is 2.29. The molecular formula is C9H7N3. The summed E-state index contributed by atoms with van der Waals surface area (Å²) < 4.78 is 0. The van der Waals surface area contributed by atoms with E-state index in [1.165, 1.54) is 6.20 Å². The minimum Gasteiger partial charge on any atom is -0.397 e. The van der Waals surface area contributed by atoms with Crippen LogP contribution >= 0.6 is 0 Å². The van der Waals surface area contributed by atoms with E-state index in [0.717, 1.165) is 5.56 Å². The maximum atomic E-state index is 8.18. The lowest BCUT2D eigenvalue weighted by Crippen LogP contribution is -1.92. The average Bonchev–Trinajstić information content (AvgIpc) is 2.07. The number of nitrogens with zero attached hydrogens (tertiary/aromatic N) is 2. The molecule has 1 rings (SSSR count). The maximum absolute atomic E-state index is 8.18. The van der Waals surface area contributed by atoms with Crippen molar-refractivity contribution < 1.29 is 0 Å². The van der Waals surface area contributed by atoms with E-state index < -0.39 is 0 Å². The van der Waals surface area contributed by atoms with Crippen LogP contribution in [0.1, 0.15) is 11.3 Å². The van der Waals surface area contributed by atoms with Gasteiger partial charge in [-0.1, -0.05) is 0 Å². The molecule has 0 spiro atoms.